The van der Waals surface area contributed by atoms with E-state index in [0.717, 1.165) is 18.8 Å². The molecule has 62 valence electrons. The number of rotatable bonds is 0. The van der Waals surface area contributed by atoms with Crippen molar-refractivity contribution in [3.63, 3.8) is 0 Å². The van der Waals surface area contributed by atoms with Crippen molar-refractivity contribution in [3.05, 3.63) is 0 Å². The van der Waals surface area contributed by atoms with Crippen molar-refractivity contribution in [1.29, 1.82) is 0 Å². The van der Waals surface area contributed by atoms with Crippen LogP contribution in [0.4, 0.5) is 0 Å². The van der Waals surface area contributed by atoms with Crippen molar-refractivity contribution < 1.29 is 4.74 Å². The van der Waals surface area contributed by atoms with Gasteiger partial charge in [0.25, 0.3) is 0 Å². The monoisotopic (exact) mass is 172 g/mol. The molecule has 2 saturated heterocycles. The topological polar surface area (TPSA) is 9.23 Å². The van der Waals surface area contributed by atoms with Crippen LogP contribution in [0, 0.1) is 5.92 Å². The molecule has 0 N–H and O–H groups in total. The van der Waals surface area contributed by atoms with Gasteiger partial charge in [-0.3, -0.25) is 0 Å². The summed E-state index contributed by atoms with van der Waals surface area (Å²) in [5.41, 5.74) is 0. The van der Waals surface area contributed by atoms with Crippen LogP contribution in [-0.2, 0) is 4.74 Å². The van der Waals surface area contributed by atoms with E-state index in [1.54, 1.807) is 0 Å². The number of alkyl halides is 1. The van der Waals surface area contributed by atoms with Gasteiger partial charge in [0.15, 0.2) is 0 Å². The molecule has 4 fully saturated rings. The smallest absolute Gasteiger partial charge is 0.0598 e. The minimum absolute atomic E-state index is 0.148. The molecule has 0 aromatic rings. The Kier molecular flexibility index (Phi) is 1.19. The summed E-state index contributed by atoms with van der Waals surface area (Å²) < 4.78 is 5.80. The molecule has 2 aliphatic carbocycles. The summed E-state index contributed by atoms with van der Waals surface area (Å²) in [6, 6.07) is 0. The lowest BCUT2D eigenvalue weighted by Crippen LogP contribution is -2.53. The van der Waals surface area contributed by atoms with E-state index in [2.05, 4.69) is 0 Å². The van der Waals surface area contributed by atoms with Gasteiger partial charge in [-0.15, -0.1) is 11.6 Å². The Morgan fingerprint density at radius 1 is 1.09 bits per heavy atom. The van der Waals surface area contributed by atoms with E-state index in [4.69, 9.17) is 16.3 Å². The Bertz CT molecular complexity index is 155. The van der Waals surface area contributed by atoms with Crippen LogP contribution in [0.5, 0.6) is 0 Å². The van der Waals surface area contributed by atoms with E-state index < -0.39 is 0 Å². The van der Waals surface area contributed by atoms with Gasteiger partial charge in [0.1, 0.15) is 0 Å². The van der Waals surface area contributed by atoms with E-state index in [1.165, 1.54) is 19.3 Å². The first-order valence-corrected chi connectivity index (χ1v) is 4.96. The third kappa shape index (κ3) is 0.940. The summed E-state index contributed by atoms with van der Waals surface area (Å²) in [6.07, 6.45) is 7.07. The van der Waals surface area contributed by atoms with Gasteiger partial charge in [-0.25, -0.2) is 0 Å². The summed E-state index contributed by atoms with van der Waals surface area (Å²) in [7, 11) is 0. The first-order valence-electron chi connectivity index (χ1n) is 4.58. The maximum Gasteiger partial charge on any atom is 0.0598 e. The maximum absolute atomic E-state index is 6.45. The molecule has 2 heterocycles. The second-order valence-corrected chi connectivity index (χ2v) is 5.28. The maximum atomic E-state index is 6.45. The van der Waals surface area contributed by atoms with E-state index in [-0.39, 0.29) is 4.87 Å². The summed E-state index contributed by atoms with van der Waals surface area (Å²) in [5, 5.41) is 0. The third-order valence-corrected chi connectivity index (χ3v) is 3.88. The van der Waals surface area contributed by atoms with Crippen LogP contribution in [0.1, 0.15) is 32.1 Å². The molecule has 2 aliphatic heterocycles. The molecule has 4 rings (SSSR count). The van der Waals surface area contributed by atoms with Crippen LogP contribution in [-0.4, -0.2) is 17.1 Å². The van der Waals surface area contributed by atoms with Crippen molar-refractivity contribution in [3.8, 4) is 0 Å². The lowest BCUT2D eigenvalue weighted by molar-refractivity contribution is -0.146. The molecule has 0 amide bonds. The first-order chi connectivity index (χ1) is 5.23. The lowest BCUT2D eigenvalue weighted by atomic mass is 9.67. The molecule has 1 nitrogen and oxygen atoms in total. The second kappa shape index (κ2) is 1.94. The Morgan fingerprint density at radius 3 is 2.18 bits per heavy atom. The summed E-state index contributed by atoms with van der Waals surface area (Å²) in [4.78, 5) is 0.148. The van der Waals surface area contributed by atoms with Gasteiger partial charge in [-0.2, -0.15) is 0 Å². The molecule has 0 aromatic heterocycles. The molecule has 4 bridgehead atoms. The van der Waals surface area contributed by atoms with Crippen LogP contribution in [0.25, 0.3) is 0 Å². The third-order valence-electron chi connectivity index (χ3n) is 3.42. The van der Waals surface area contributed by atoms with Crippen LogP contribution >= 0.6 is 11.6 Å². The van der Waals surface area contributed by atoms with Gasteiger partial charge in [-0.1, -0.05) is 0 Å². The number of hydrogen-bond acceptors (Lipinski definition) is 1. The minimum Gasteiger partial charge on any atom is -0.375 e. The van der Waals surface area contributed by atoms with Crippen molar-refractivity contribution in [2.45, 2.75) is 49.2 Å². The molecule has 2 saturated carbocycles. The molecule has 0 radical (unpaired) electrons. The molecule has 2 heteroatoms. The Morgan fingerprint density at radius 2 is 1.73 bits per heavy atom. The largest absolute Gasteiger partial charge is 0.375 e. The molecule has 0 spiro atoms. The van der Waals surface area contributed by atoms with Crippen molar-refractivity contribution in [2.75, 3.05) is 0 Å². The van der Waals surface area contributed by atoms with Crippen molar-refractivity contribution in [2.24, 2.45) is 5.92 Å². The lowest BCUT2D eigenvalue weighted by Gasteiger charge is -2.53. The highest BCUT2D eigenvalue weighted by molar-refractivity contribution is 6.24. The predicted octanol–water partition coefficient (Wildman–Crippen LogP) is 2.33. The van der Waals surface area contributed by atoms with E-state index in [0.29, 0.717) is 12.2 Å². The fraction of sp³-hybridized carbons (Fsp3) is 1.00. The predicted molar refractivity (Wildman–Crippen MR) is 43.8 cm³/mol. The summed E-state index contributed by atoms with van der Waals surface area (Å²) in [6.45, 7) is 0. The number of ether oxygens (including phenoxy) is 1. The quantitative estimate of drug-likeness (QED) is 0.510. The highest BCUT2D eigenvalue weighted by Crippen LogP contribution is 2.52. The van der Waals surface area contributed by atoms with E-state index >= 15 is 0 Å². The second-order valence-electron chi connectivity index (χ2n) is 4.48. The van der Waals surface area contributed by atoms with Gasteiger partial charge >= 0.3 is 0 Å². The van der Waals surface area contributed by atoms with Gasteiger partial charge in [0, 0.05) is 4.87 Å². The molecule has 11 heavy (non-hydrogen) atoms. The van der Waals surface area contributed by atoms with E-state index in [9.17, 15) is 0 Å². The first kappa shape index (κ1) is 6.73. The average Bonchev–Trinajstić information content (AvgIpc) is 1.79. The number of halogens is 1. The standard InChI is InChI=1S/C9H13ClO/c10-9-3-6-1-7(4-9)11-8(2-6)5-9/h6-8H,1-5H2. The molecular formula is C9H13ClO. The fourth-order valence-electron chi connectivity index (χ4n) is 3.24. The summed E-state index contributed by atoms with van der Waals surface area (Å²) >= 11 is 6.45. The van der Waals surface area contributed by atoms with E-state index in [1.807, 2.05) is 0 Å². The molecule has 4 aliphatic rings. The highest BCUT2D eigenvalue weighted by atomic mass is 35.5. The van der Waals surface area contributed by atoms with Crippen molar-refractivity contribution >= 4 is 11.6 Å². The zero-order valence-electron chi connectivity index (χ0n) is 6.55. The van der Waals surface area contributed by atoms with Crippen LogP contribution in [0.3, 0.4) is 0 Å². The Balaban J connectivity index is 1.94. The molecule has 2 unspecified atom stereocenters. The van der Waals surface area contributed by atoms with Gasteiger partial charge < -0.3 is 4.74 Å². The normalized spacial score (nSPS) is 60.3. The number of hydrogen-bond donors (Lipinski definition) is 0. The molecule has 2 atom stereocenters. The molecular weight excluding hydrogens is 160 g/mol. The summed E-state index contributed by atoms with van der Waals surface area (Å²) in [5.74, 6) is 0.888. The van der Waals surface area contributed by atoms with Gasteiger partial charge in [0.2, 0.25) is 0 Å². The zero-order chi connectivity index (χ0) is 7.47. The zero-order valence-corrected chi connectivity index (χ0v) is 7.31. The SMILES string of the molecule is ClC12CC3CC(C1)OC(C3)C2. The highest BCUT2D eigenvalue weighted by Gasteiger charge is 2.50. The van der Waals surface area contributed by atoms with Gasteiger partial charge in [-0.05, 0) is 38.0 Å². The Labute approximate surface area is 72.1 Å². The Hall–Kier alpha value is 0.250. The van der Waals surface area contributed by atoms with Gasteiger partial charge in [0.05, 0.1) is 12.2 Å². The van der Waals surface area contributed by atoms with Crippen LogP contribution in [0.15, 0.2) is 0 Å². The van der Waals surface area contributed by atoms with Crippen LogP contribution < -0.4 is 0 Å². The average molecular weight is 173 g/mol. The van der Waals surface area contributed by atoms with Crippen molar-refractivity contribution in [1.82, 2.24) is 0 Å². The van der Waals surface area contributed by atoms with Crippen LogP contribution in [0.2, 0.25) is 0 Å². The molecule has 0 aromatic carbocycles. The minimum atomic E-state index is 0.148. The fourth-order valence-corrected chi connectivity index (χ4v) is 3.80.